The summed E-state index contributed by atoms with van der Waals surface area (Å²) in [6.45, 7) is 0.502. The van der Waals surface area contributed by atoms with Gasteiger partial charge in [-0.3, -0.25) is 14.2 Å². The highest BCUT2D eigenvalue weighted by atomic mass is 32.2. The van der Waals surface area contributed by atoms with Crippen LogP contribution in [-0.2, 0) is 18.7 Å². The van der Waals surface area contributed by atoms with Crippen molar-refractivity contribution in [1.29, 1.82) is 0 Å². The average Bonchev–Trinajstić information content (AvgIpc) is 2.99. The molecule has 0 fully saturated rings. The van der Waals surface area contributed by atoms with Gasteiger partial charge in [0.1, 0.15) is 12.1 Å². The first-order chi connectivity index (χ1) is 19.5. The van der Waals surface area contributed by atoms with Crippen LogP contribution in [-0.4, -0.2) is 37.4 Å². The first kappa shape index (κ1) is 27.0. The van der Waals surface area contributed by atoms with Gasteiger partial charge in [0, 0.05) is 61.2 Å². The van der Waals surface area contributed by atoms with Gasteiger partial charge in [-0.25, -0.2) is 14.4 Å². The molecule has 0 aliphatic carbocycles. The molecular weight excluding hydrogens is 525 g/mol. The molecule has 2 aromatic heterocycles. The van der Waals surface area contributed by atoms with Crippen molar-refractivity contribution in [3.63, 3.8) is 0 Å². The number of amides is 1. The lowest BCUT2D eigenvalue weighted by molar-refractivity contribution is 0.0785. The highest BCUT2D eigenvalue weighted by molar-refractivity contribution is 7.98. The molecule has 3 aromatic carbocycles. The molecule has 200 valence electrons. The molecule has 9 heteroatoms. The second kappa shape index (κ2) is 12.5. The molecule has 0 spiro atoms. The summed E-state index contributed by atoms with van der Waals surface area (Å²) < 4.78 is 15.2. The van der Waals surface area contributed by atoms with Gasteiger partial charge >= 0.3 is 0 Å². The van der Waals surface area contributed by atoms with Crippen molar-refractivity contribution in [3.8, 4) is 5.69 Å². The van der Waals surface area contributed by atoms with Crippen molar-refractivity contribution in [2.24, 2.45) is 0 Å². The van der Waals surface area contributed by atoms with Gasteiger partial charge in [-0.1, -0.05) is 54.2 Å². The molecule has 1 amide bonds. The number of nitrogens with zero attached hydrogens (tertiary/aromatic N) is 5. The van der Waals surface area contributed by atoms with Gasteiger partial charge < -0.3 is 4.90 Å². The minimum atomic E-state index is -0.337. The molecule has 2 heterocycles. The lowest BCUT2D eigenvalue weighted by Crippen LogP contribution is -2.26. The number of rotatable bonds is 9. The van der Waals surface area contributed by atoms with E-state index in [4.69, 9.17) is 0 Å². The lowest BCUT2D eigenvalue weighted by Gasteiger charge is -2.18. The average molecular weight is 552 g/mol. The summed E-state index contributed by atoms with van der Waals surface area (Å²) in [5.41, 5.74) is 4.20. The van der Waals surface area contributed by atoms with Gasteiger partial charge in [0.2, 0.25) is 0 Å². The summed E-state index contributed by atoms with van der Waals surface area (Å²) in [5, 5.41) is 0.489. The molecule has 5 aromatic rings. The molecule has 5 rings (SSSR count). The molecule has 0 aliphatic heterocycles. The van der Waals surface area contributed by atoms with Crippen LogP contribution in [0.4, 0.5) is 4.39 Å². The van der Waals surface area contributed by atoms with E-state index < -0.39 is 0 Å². The van der Waals surface area contributed by atoms with Crippen LogP contribution in [0.25, 0.3) is 5.69 Å². The maximum Gasteiger partial charge on any atom is 0.277 e. The number of aromatic nitrogens is 4. The van der Waals surface area contributed by atoms with E-state index in [0.717, 1.165) is 22.4 Å². The maximum absolute atomic E-state index is 13.4. The van der Waals surface area contributed by atoms with E-state index in [9.17, 15) is 14.0 Å². The van der Waals surface area contributed by atoms with Crippen LogP contribution in [0.5, 0.6) is 0 Å². The molecule has 0 atom stereocenters. The molecular formula is C31H26FN5O2S. The Balaban J connectivity index is 1.43. The van der Waals surface area contributed by atoms with Crippen molar-refractivity contribution in [1.82, 2.24) is 24.4 Å². The zero-order valence-electron chi connectivity index (χ0n) is 21.8. The summed E-state index contributed by atoms with van der Waals surface area (Å²) in [6.07, 6.45) is 6.88. The third-order valence-corrected chi connectivity index (χ3v) is 7.28. The highest BCUT2D eigenvalue weighted by Gasteiger charge is 2.15. The van der Waals surface area contributed by atoms with E-state index >= 15 is 0 Å². The molecule has 7 nitrogen and oxygen atoms in total. The summed E-state index contributed by atoms with van der Waals surface area (Å²) >= 11 is 1.38. The molecule has 0 saturated heterocycles. The van der Waals surface area contributed by atoms with E-state index in [1.807, 2.05) is 47.0 Å². The molecule has 0 radical (unpaired) electrons. The molecule has 0 unspecified atom stereocenters. The third kappa shape index (κ3) is 6.68. The summed E-state index contributed by atoms with van der Waals surface area (Å²) in [7, 11) is 1.78. The van der Waals surface area contributed by atoms with Gasteiger partial charge in [0.05, 0.1) is 0 Å². The lowest BCUT2D eigenvalue weighted by atomic mass is 10.1. The van der Waals surface area contributed by atoms with Crippen LogP contribution in [0.15, 0.2) is 114 Å². The van der Waals surface area contributed by atoms with Crippen molar-refractivity contribution >= 4 is 17.7 Å². The largest absolute Gasteiger partial charge is 0.337 e. The Morgan fingerprint density at radius 1 is 0.900 bits per heavy atom. The predicted molar refractivity (Wildman–Crippen MR) is 153 cm³/mol. The van der Waals surface area contributed by atoms with Gasteiger partial charge in [-0.05, 0) is 53.1 Å². The number of thioether (sulfide) groups is 1. The predicted octanol–water partition coefficient (Wildman–Crippen LogP) is 5.32. The van der Waals surface area contributed by atoms with Gasteiger partial charge in [0.15, 0.2) is 5.16 Å². The van der Waals surface area contributed by atoms with Crippen LogP contribution in [0.3, 0.4) is 0 Å². The fraction of sp³-hybridized carbons (Fsp3) is 0.129. The minimum absolute atomic E-state index is 0.0934. The van der Waals surface area contributed by atoms with Crippen LogP contribution in [0, 0.1) is 5.82 Å². The second-order valence-corrected chi connectivity index (χ2v) is 10.2. The summed E-state index contributed by atoms with van der Waals surface area (Å²) in [6, 6.07) is 23.3. The minimum Gasteiger partial charge on any atom is -0.337 e. The summed E-state index contributed by atoms with van der Waals surface area (Å²) in [5.74, 6) is 0.102. The van der Waals surface area contributed by atoms with Gasteiger partial charge in [0.25, 0.3) is 11.5 Å². The smallest absolute Gasteiger partial charge is 0.277 e. The van der Waals surface area contributed by atoms with E-state index in [1.54, 1.807) is 54.8 Å². The fourth-order valence-corrected chi connectivity index (χ4v) is 5.10. The molecule has 40 heavy (non-hydrogen) atoms. The first-order valence-corrected chi connectivity index (χ1v) is 13.6. The Kier molecular flexibility index (Phi) is 8.41. The van der Waals surface area contributed by atoms with Crippen molar-refractivity contribution in [2.75, 3.05) is 7.05 Å². The topological polar surface area (TPSA) is 81.0 Å². The SMILES string of the molecule is CN(Cc1ccccc1)C(=O)c1ccc(-n2cc(Cc3cncnc3)c(=O)nc2SCc2ccc(F)cc2)cc1. The number of hydrogen-bond donors (Lipinski definition) is 0. The number of carbonyl (C=O) groups excluding carboxylic acids is 1. The Morgan fingerprint density at radius 3 is 2.30 bits per heavy atom. The van der Waals surface area contributed by atoms with Gasteiger partial charge in [-0.2, -0.15) is 4.98 Å². The Hall–Kier alpha value is -4.63. The Morgan fingerprint density at radius 2 is 1.60 bits per heavy atom. The van der Waals surface area contributed by atoms with Crippen molar-refractivity contribution in [2.45, 2.75) is 23.9 Å². The zero-order valence-corrected chi connectivity index (χ0v) is 22.6. The van der Waals surface area contributed by atoms with E-state index in [1.165, 1.54) is 30.2 Å². The fourth-order valence-electron chi connectivity index (χ4n) is 4.17. The second-order valence-electron chi connectivity index (χ2n) is 9.26. The maximum atomic E-state index is 13.4. The Labute approximate surface area is 235 Å². The van der Waals surface area contributed by atoms with Crippen LogP contribution >= 0.6 is 11.8 Å². The third-order valence-electron chi connectivity index (χ3n) is 6.25. The van der Waals surface area contributed by atoms with E-state index in [2.05, 4.69) is 15.0 Å². The van der Waals surface area contributed by atoms with Crippen LogP contribution in [0.1, 0.15) is 32.6 Å². The molecule has 0 saturated carbocycles. The number of hydrogen-bond acceptors (Lipinski definition) is 6. The van der Waals surface area contributed by atoms with Crippen molar-refractivity contribution in [3.05, 3.63) is 148 Å². The van der Waals surface area contributed by atoms with Crippen molar-refractivity contribution < 1.29 is 9.18 Å². The van der Waals surface area contributed by atoms with Gasteiger partial charge in [-0.15, -0.1) is 0 Å². The zero-order chi connectivity index (χ0) is 27.9. The first-order valence-electron chi connectivity index (χ1n) is 12.6. The normalized spacial score (nSPS) is 10.8. The van der Waals surface area contributed by atoms with E-state index in [0.29, 0.717) is 35.0 Å². The molecule has 0 aliphatic rings. The molecule has 0 N–H and O–H groups in total. The summed E-state index contributed by atoms with van der Waals surface area (Å²) in [4.78, 5) is 40.2. The quantitative estimate of drug-likeness (QED) is 0.182. The highest BCUT2D eigenvalue weighted by Crippen LogP contribution is 2.24. The number of carbonyl (C=O) groups is 1. The van der Waals surface area contributed by atoms with E-state index in [-0.39, 0.29) is 17.3 Å². The standard InChI is InChI=1S/C31H26FN5O2S/c1-36(18-22-5-3-2-4-6-22)30(39)25-9-13-28(14-10-25)37-19-26(15-24-16-33-21-34-17-24)29(38)35-31(37)40-20-23-7-11-27(32)12-8-23/h2-14,16-17,19,21H,15,18,20H2,1H3. The number of halogens is 1. The van der Waals surface area contributed by atoms with Crippen LogP contribution < -0.4 is 5.56 Å². The Bertz CT molecular complexity index is 1640. The number of benzene rings is 3. The molecule has 0 bridgehead atoms. The van der Waals surface area contributed by atoms with Crippen LogP contribution in [0.2, 0.25) is 0 Å². The monoisotopic (exact) mass is 551 g/mol.